The Morgan fingerprint density at radius 3 is 2.02 bits per heavy atom. The van der Waals surface area contributed by atoms with Gasteiger partial charge < -0.3 is 24.4 Å². The van der Waals surface area contributed by atoms with E-state index in [0.717, 1.165) is 16.8 Å². The van der Waals surface area contributed by atoms with E-state index in [0.29, 0.717) is 37.2 Å². The molecule has 1 aliphatic rings. The SMILES string of the molecule is COC(=O)c1cc(NC(=O)c2cnn(-c3ccc(C)c(C)c3)c2C2CCN(C(=O)OC(C)(C)C)CC2)cc(C(=O)OC)c1. The molecule has 0 unspecified atom stereocenters. The molecule has 3 aromatic rings. The van der Waals surface area contributed by atoms with Crippen LogP contribution in [0.25, 0.3) is 5.69 Å². The average Bonchev–Trinajstić information content (AvgIpc) is 3.42. The van der Waals surface area contributed by atoms with Crippen molar-refractivity contribution >= 4 is 29.6 Å². The molecule has 1 aromatic heterocycles. The zero-order chi connectivity index (χ0) is 31.5. The van der Waals surface area contributed by atoms with E-state index in [2.05, 4.69) is 10.4 Å². The van der Waals surface area contributed by atoms with Gasteiger partial charge in [-0.1, -0.05) is 6.07 Å². The maximum Gasteiger partial charge on any atom is 0.410 e. The van der Waals surface area contributed by atoms with Crippen LogP contribution < -0.4 is 5.32 Å². The van der Waals surface area contributed by atoms with Crippen LogP contribution in [0, 0.1) is 13.8 Å². The first-order chi connectivity index (χ1) is 20.3. The molecule has 11 heteroatoms. The molecule has 1 fully saturated rings. The highest BCUT2D eigenvalue weighted by molar-refractivity contribution is 6.06. The van der Waals surface area contributed by atoms with Gasteiger partial charge in [-0.05, 0) is 88.9 Å². The van der Waals surface area contributed by atoms with Gasteiger partial charge in [0.1, 0.15) is 5.60 Å². The minimum absolute atomic E-state index is 0.0845. The van der Waals surface area contributed by atoms with Gasteiger partial charge >= 0.3 is 18.0 Å². The van der Waals surface area contributed by atoms with Crippen LogP contribution in [0.1, 0.15) is 87.4 Å². The maximum atomic E-state index is 13.8. The summed E-state index contributed by atoms with van der Waals surface area (Å²) in [6.45, 7) is 10.5. The Balaban J connectivity index is 1.69. The highest BCUT2D eigenvalue weighted by atomic mass is 16.6. The lowest BCUT2D eigenvalue weighted by molar-refractivity contribution is 0.0202. The van der Waals surface area contributed by atoms with E-state index in [9.17, 15) is 19.2 Å². The lowest BCUT2D eigenvalue weighted by atomic mass is 9.90. The Labute approximate surface area is 251 Å². The molecule has 1 saturated heterocycles. The molecule has 11 nitrogen and oxygen atoms in total. The van der Waals surface area contributed by atoms with Crippen LogP contribution in [0.3, 0.4) is 0 Å². The number of benzene rings is 2. The smallest absolute Gasteiger partial charge is 0.410 e. The molecule has 1 aliphatic heterocycles. The number of carbonyl (C=O) groups is 4. The second kappa shape index (κ2) is 12.7. The lowest BCUT2D eigenvalue weighted by Crippen LogP contribution is -2.41. The molecule has 228 valence electrons. The summed E-state index contributed by atoms with van der Waals surface area (Å²) < 4.78 is 17.0. The number of hydrogen-bond donors (Lipinski definition) is 1. The predicted molar refractivity (Wildman–Crippen MR) is 160 cm³/mol. The maximum absolute atomic E-state index is 13.8. The predicted octanol–water partition coefficient (Wildman–Crippen LogP) is 5.43. The first-order valence-corrected chi connectivity index (χ1v) is 14.1. The summed E-state index contributed by atoms with van der Waals surface area (Å²) in [5, 5.41) is 7.44. The van der Waals surface area contributed by atoms with E-state index in [1.165, 1.54) is 38.6 Å². The minimum atomic E-state index is -0.666. The molecule has 0 bridgehead atoms. The van der Waals surface area contributed by atoms with Gasteiger partial charge in [-0.2, -0.15) is 5.10 Å². The van der Waals surface area contributed by atoms with Crippen molar-refractivity contribution in [1.29, 1.82) is 0 Å². The number of methoxy groups -OCH3 is 2. The minimum Gasteiger partial charge on any atom is -0.465 e. The second-order valence-corrected chi connectivity index (χ2v) is 11.6. The normalized spacial score (nSPS) is 13.8. The molecule has 0 radical (unpaired) electrons. The van der Waals surface area contributed by atoms with Crippen molar-refractivity contribution in [3.05, 3.63) is 76.1 Å². The molecule has 2 heterocycles. The molecular formula is C32H38N4O7. The molecule has 0 atom stereocenters. The average molecular weight is 591 g/mol. The number of rotatable bonds is 6. The zero-order valence-corrected chi connectivity index (χ0v) is 25.6. The fourth-order valence-electron chi connectivity index (χ4n) is 5.02. The Morgan fingerprint density at radius 1 is 0.884 bits per heavy atom. The second-order valence-electron chi connectivity index (χ2n) is 11.6. The summed E-state index contributed by atoms with van der Waals surface area (Å²) in [4.78, 5) is 52.7. The van der Waals surface area contributed by atoms with Crippen LogP contribution in [0.5, 0.6) is 0 Å². The molecule has 4 rings (SSSR count). The third-order valence-corrected chi connectivity index (χ3v) is 7.35. The van der Waals surface area contributed by atoms with Crippen LogP contribution >= 0.6 is 0 Å². The van der Waals surface area contributed by atoms with E-state index in [1.54, 1.807) is 9.58 Å². The van der Waals surface area contributed by atoms with Gasteiger partial charge in [-0.15, -0.1) is 0 Å². The molecule has 43 heavy (non-hydrogen) atoms. The van der Waals surface area contributed by atoms with Crippen LogP contribution in [0.2, 0.25) is 0 Å². The standard InChI is InChI=1S/C32H38N4O7/c1-19-8-9-25(14-20(19)2)36-27(21-10-12-35(13-11-21)31(40)43-32(3,4)5)26(18-33-36)28(37)34-24-16-22(29(38)41-6)15-23(17-24)30(39)42-7/h8-9,14-18,21H,10-13H2,1-7H3,(H,34,37). The zero-order valence-electron chi connectivity index (χ0n) is 25.6. The van der Waals surface area contributed by atoms with Crippen molar-refractivity contribution in [3.8, 4) is 5.69 Å². The van der Waals surface area contributed by atoms with Crippen molar-refractivity contribution in [3.63, 3.8) is 0 Å². The van der Waals surface area contributed by atoms with Crippen LogP contribution in [0.4, 0.5) is 10.5 Å². The lowest BCUT2D eigenvalue weighted by Gasteiger charge is -2.34. The number of amides is 2. The number of aromatic nitrogens is 2. The third kappa shape index (κ3) is 7.22. The molecule has 2 aromatic carbocycles. The quantitative estimate of drug-likeness (QED) is 0.297. The van der Waals surface area contributed by atoms with E-state index in [1.807, 2.05) is 52.8 Å². The van der Waals surface area contributed by atoms with Gasteiger partial charge in [0.25, 0.3) is 5.91 Å². The summed E-state index contributed by atoms with van der Waals surface area (Å²) in [6.07, 6.45) is 2.35. The van der Waals surface area contributed by atoms with Crippen molar-refractivity contribution in [2.24, 2.45) is 0 Å². The van der Waals surface area contributed by atoms with E-state index in [-0.39, 0.29) is 28.8 Å². The van der Waals surface area contributed by atoms with Gasteiger partial charge in [-0.3, -0.25) is 4.79 Å². The van der Waals surface area contributed by atoms with Crippen LogP contribution in [-0.2, 0) is 14.2 Å². The highest BCUT2D eigenvalue weighted by Crippen LogP contribution is 2.33. The summed E-state index contributed by atoms with van der Waals surface area (Å²) in [7, 11) is 2.46. The van der Waals surface area contributed by atoms with Gasteiger partial charge in [0, 0.05) is 24.7 Å². The number of aryl methyl sites for hydroxylation is 2. The molecular weight excluding hydrogens is 552 g/mol. The molecule has 1 N–H and O–H groups in total. The Morgan fingerprint density at radius 2 is 1.49 bits per heavy atom. The molecule has 0 aliphatic carbocycles. The summed E-state index contributed by atoms with van der Waals surface area (Å²) in [5.41, 5.74) is 3.87. The molecule has 0 spiro atoms. The summed E-state index contributed by atoms with van der Waals surface area (Å²) in [6, 6.07) is 10.2. The Kier molecular flexibility index (Phi) is 9.22. The first-order valence-electron chi connectivity index (χ1n) is 14.1. The van der Waals surface area contributed by atoms with Crippen LogP contribution in [-0.4, -0.2) is 71.5 Å². The van der Waals surface area contributed by atoms with Crippen molar-refractivity contribution in [2.45, 2.75) is 59.0 Å². The van der Waals surface area contributed by atoms with Gasteiger partial charge in [0.2, 0.25) is 0 Å². The first kappa shape index (κ1) is 31.3. The summed E-state index contributed by atoms with van der Waals surface area (Å²) in [5.74, 6) is -1.88. The number of piperidine rings is 1. The van der Waals surface area contributed by atoms with Gasteiger partial charge in [-0.25, -0.2) is 19.1 Å². The number of likely N-dealkylation sites (tertiary alicyclic amines) is 1. The molecule has 0 saturated carbocycles. The van der Waals surface area contributed by atoms with Crippen molar-refractivity contribution in [2.75, 3.05) is 32.6 Å². The fourth-order valence-corrected chi connectivity index (χ4v) is 5.02. The van der Waals surface area contributed by atoms with E-state index >= 15 is 0 Å². The topological polar surface area (TPSA) is 129 Å². The van der Waals surface area contributed by atoms with Gasteiger partial charge in [0.15, 0.2) is 0 Å². The number of ether oxygens (including phenoxy) is 3. The number of anilines is 1. The number of nitrogens with one attached hydrogen (secondary N) is 1. The number of hydrogen-bond acceptors (Lipinski definition) is 8. The fraction of sp³-hybridized carbons (Fsp3) is 0.406. The van der Waals surface area contributed by atoms with Crippen molar-refractivity contribution < 1.29 is 33.4 Å². The van der Waals surface area contributed by atoms with Gasteiger partial charge in [0.05, 0.1) is 48.5 Å². The Bertz CT molecular complexity index is 1510. The number of esters is 2. The van der Waals surface area contributed by atoms with Crippen LogP contribution in [0.15, 0.2) is 42.6 Å². The van der Waals surface area contributed by atoms with Crippen molar-refractivity contribution in [1.82, 2.24) is 14.7 Å². The number of nitrogens with zero attached hydrogens (tertiary/aromatic N) is 3. The highest BCUT2D eigenvalue weighted by Gasteiger charge is 2.32. The monoisotopic (exact) mass is 590 g/mol. The summed E-state index contributed by atoms with van der Waals surface area (Å²) >= 11 is 0. The van der Waals surface area contributed by atoms with E-state index in [4.69, 9.17) is 14.2 Å². The molecule has 2 amide bonds. The number of carbonyl (C=O) groups excluding carboxylic acids is 4. The third-order valence-electron chi connectivity index (χ3n) is 7.35. The van der Waals surface area contributed by atoms with E-state index < -0.39 is 23.4 Å². The largest absolute Gasteiger partial charge is 0.465 e. The Hall–Kier alpha value is -4.67.